The Labute approximate surface area is 174 Å². The Morgan fingerprint density at radius 3 is 2.70 bits per heavy atom. The highest BCUT2D eigenvalue weighted by atomic mass is 32.2. The number of nitrogens with zero attached hydrogens (tertiary/aromatic N) is 3. The van der Waals surface area contributed by atoms with Crippen LogP contribution in [0.2, 0.25) is 0 Å². The summed E-state index contributed by atoms with van der Waals surface area (Å²) in [6, 6.07) is 10.4. The predicted molar refractivity (Wildman–Crippen MR) is 113 cm³/mol. The zero-order valence-corrected chi connectivity index (χ0v) is 17.5. The molecule has 2 heterocycles. The molecule has 1 aliphatic carbocycles. The van der Waals surface area contributed by atoms with Gasteiger partial charge in [-0.3, -0.25) is 9.48 Å². The van der Waals surface area contributed by atoms with Crippen LogP contribution >= 0.6 is 0 Å². The van der Waals surface area contributed by atoms with Gasteiger partial charge in [-0.2, -0.15) is 10.1 Å². The van der Waals surface area contributed by atoms with Gasteiger partial charge in [0.05, 0.1) is 12.2 Å². The summed E-state index contributed by atoms with van der Waals surface area (Å²) < 4.78 is 30.5. The Kier molecular flexibility index (Phi) is 5.29. The van der Waals surface area contributed by atoms with E-state index in [-0.39, 0.29) is 29.3 Å². The van der Waals surface area contributed by atoms with Gasteiger partial charge in [0.1, 0.15) is 11.3 Å². The van der Waals surface area contributed by atoms with E-state index in [9.17, 15) is 13.2 Å². The third kappa shape index (κ3) is 4.68. The van der Waals surface area contributed by atoms with Gasteiger partial charge in [0, 0.05) is 24.1 Å². The summed E-state index contributed by atoms with van der Waals surface area (Å²) in [7, 11) is -1.52. The average molecular weight is 426 g/mol. The number of fused-ring (bicyclic) bond motifs is 1. The molecule has 156 valence electrons. The minimum Gasteiger partial charge on any atom is -0.438 e. The van der Waals surface area contributed by atoms with Crippen molar-refractivity contribution in [3.05, 3.63) is 59.6 Å². The van der Waals surface area contributed by atoms with E-state index < -0.39 is 9.84 Å². The van der Waals surface area contributed by atoms with E-state index in [0.717, 1.165) is 24.5 Å². The van der Waals surface area contributed by atoms with Crippen LogP contribution in [0.15, 0.2) is 54.1 Å². The number of aryl methyl sites for hydroxylation is 1. The van der Waals surface area contributed by atoms with Crippen molar-refractivity contribution in [2.75, 3.05) is 6.26 Å². The van der Waals surface area contributed by atoms with E-state index >= 15 is 0 Å². The molecule has 9 heteroatoms. The van der Waals surface area contributed by atoms with Crippen molar-refractivity contribution >= 4 is 26.8 Å². The van der Waals surface area contributed by atoms with E-state index in [1.54, 1.807) is 42.2 Å². The molecule has 0 unspecified atom stereocenters. The second kappa shape index (κ2) is 7.91. The largest absolute Gasteiger partial charge is 0.438 e. The lowest BCUT2D eigenvalue weighted by atomic mass is 10.1. The molecule has 3 aromatic rings. The molecule has 1 aliphatic rings. The summed E-state index contributed by atoms with van der Waals surface area (Å²) in [4.78, 5) is 17.6. The van der Waals surface area contributed by atoms with Gasteiger partial charge >= 0.3 is 0 Å². The molecule has 1 N–H and O–H groups in total. The van der Waals surface area contributed by atoms with E-state index in [2.05, 4.69) is 15.4 Å². The number of ether oxygens (including phenoxy) is 1. The van der Waals surface area contributed by atoms with Crippen LogP contribution < -0.4 is 10.1 Å². The normalized spacial score (nSPS) is 15.4. The van der Waals surface area contributed by atoms with Crippen molar-refractivity contribution in [2.45, 2.75) is 18.9 Å². The quantitative estimate of drug-likeness (QED) is 0.623. The summed E-state index contributed by atoms with van der Waals surface area (Å²) in [5, 5.41) is 8.96. The van der Waals surface area contributed by atoms with Crippen LogP contribution in [-0.2, 0) is 16.9 Å². The first-order valence-electron chi connectivity index (χ1n) is 9.55. The van der Waals surface area contributed by atoms with Gasteiger partial charge < -0.3 is 10.1 Å². The highest BCUT2D eigenvalue weighted by Gasteiger charge is 2.32. The van der Waals surface area contributed by atoms with Crippen LogP contribution in [0.3, 0.4) is 0 Å². The molecule has 4 rings (SSSR count). The Balaban J connectivity index is 1.68. The van der Waals surface area contributed by atoms with Crippen LogP contribution in [0.25, 0.3) is 11.0 Å². The standard InChI is InChI=1S/C21H22N4O4S/c1-25-19-15(13-22-25)12-17(21(24-19)29-16-6-4-3-5-7-16)20(26)23-18(14-8-9-14)10-11-30(2,27)28/h3-7,10-14,18H,8-9H2,1-2H3,(H,23,26)/b11-10+/t18-/m1/s1. The van der Waals surface area contributed by atoms with Gasteiger partial charge in [0.15, 0.2) is 15.5 Å². The lowest BCUT2D eigenvalue weighted by Crippen LogP contribution is -2.35. The van der Waals surface area contributed by atoms with E-state index in [0.29, 0.717) is 16.8 Å². The van der Waals surface area contributed by atoms with E-state index in [4.69, 9.17) is 4.74 Å². The molecule has 0 aliphatic heterocycles. The molecule has 1 aromatic carbocycles. The Morgan fingerprint density at radius 2 is 2.03 bits per heavy atom. The number of para-hydroxylation sites is 1. The number of hydrogen-bond acceptors (Lipinski definition) is 6. The number of hydrogen-bond donors (Lipinski definition) is 1. The SMILES string of the molecule is Cn1ncc2cc(C(=O)N[C@H](/C=C/S(C)(=O)=O)C3CC3)c(Oc3ccccc3)nc21. The highest BCUT2D eigenvalue weighted by molar-refractivity contribution is 7.93. The lowest BCUT2D eigenvalue weighted by Gasteiger charge is -2.16. The molecule has 0 spiro atoms. The van der Waals surface area contributed by atoms with Gasteiger partial charge in [-0.05, 0) is 37.0 Å². The maximum atomic E-state index is 13.1. The fourth-order valence-corrected chi connectivity index (χ4v) is 3.59. The first-order chi connectivity index (χ1) is 14.3. The summed E-state index contributed by atoms with van der Waals surface area (Å²) in [6.45, 7) is 0. The molecule has 1 fully saturated rings. The van der Waals surface area contributed by atoms with Crippen molar-refractivity contribution in [1.29, 1.82) is 0 Å². The van der Waals surface area contributed by atoms with Gasteiger partial charge in [0.25, 0.3) is 5.91 Å². The topological polar surface area (TPSA) is 103 Å². The summed E-state index contributed by atoms with van der Waals surface area (Å²) in [5.41, 5.74) is 0.853. The number of carbonyl (C=O) groups is 1. The molecule has 1 saturated carbocycles. The van der Waals surface area contributed by atoms with Gasteiger partial charge in [0.2, 0.25) is 5.88 Å². The minimum absolute atomic E-state index is 0.163. The van der Waals surface area contributed by atoms with Crippen molar-refractivity contribution in [2.24, 2.45) is 13.0 Å². The average Bonchev–Trinajstić information content (AvgIpc) is 3.49. The zero-order valence-electron chi connectivity index (χ0n) is 16.6. The second-order valence-electron chi connectivity index (χ2n) is 7.43. The molecule has 2 aromatic heterocycles. The van der Waals surface area contributed by atoms with E-state index in [1.165, 1.54) is 0 Å². The number of pyridine rings is 1. The Morgan fingerprint density at radius 1 is 1.30 bits per heavy atom. The Hall–Kier alpha value is -3.20. The van der Waals surface area contributed by atoms with Gasteiger partial charge in [-0.15, -0.1) is 0 Å². The van der Waals surface area contributed by atoms with Crippen molar-refractivity contribution in [3.63, 3.8) is 0 Å². The summed E-state index contributed by atoms with van der Waals surface area (Å²) >= 11 is 0. The maximum absolute atomic E-state index is 13.1. The molecular formula is C21H22N4O4S. The number of nitrogens with one attached hydrogen (secondary N) is 1. The fraction of sp³-hybridized carbons (Fsp3) is 0.286. The molecule has 8 nitrogen and oxygen atoms in total. The number of amides is 1. The van der Waals surface area contributed by atoms with Gasteiger partial charge in [-0.25, -0.2) is 8.42 Å². The van der Waals surface area contributed by atoms with Crippen LogP contribution in [0, 0.1) is 5.92 Å². The number of rotatable bonds is 7. The van der Waals surface area contributed by atoms with Crippen LogP contribution in [0.4, 0.5) is 0 Å². The fourth-order valence-electron chi connectivity index (χ4n) is 3.14. The Bertz CT molecular complexity index is 1210. The zero-order chi connectivity index (χ0) is 21.3. The van der Waals surface area contributed by atoms with Crippen LogP contribution in [0.1, 0.15) is 23.2 Å². The van der Waals surface area contributed by atoms with Gasteiger partial charge in [-0.1, -0.05) is 24.3 Å². The molecule has 0 bridgehead atoms. The van der Waals surface area contributed by atoms with Crippen LogP contribution in [0.5, 0.6) is 11.6 Å². The van der Waals surface area contributed by atoms with Crippen molar-refractivity contribution in [3.8, 4) is 11.6 Å². The maximum Gasteiger partial charge on any atom is 0.257 e. The number of sulfone groups is 1. The highest BCUT2D eigenvalue weighted by Crippen LogP contribution is 2.34. The molecule has 0 radical (unpaired) electrons. The minimum atomic E-state index is -3.28. The second-order valence-corrected chi connectivity index (χ2v) is 9.36. The molecule has 1 atom stereocenters. The number of carbonyl (C=O) groups excluding carboxylic acids is 1. The molecule has 1 amide bonds. The number of aromatic nitrogens is 3. The molecule has 0 saturated heterocycles. The third-order valence-corrected chi connectivity index (χ3v) is 5.49. The first kappa shape index (κ1) is 20.1. The summed E-state index contributed by atoms with van der Waals surface area (Å²) in [5.74, 6) is 0.558. The lowest BCUT2D eigenvalue weighted by molar-refractivity contribution is 0.0938. The smallest absolute Gasteiger partial charge is 0.257 e. The predicted octanol–water partition coefficient (Wildman–Crippen LogP) is 2.83. The molecule has 30 heavy (non-hydrogen) atoms. The molecular weight excluding hydrogens is 404 g/mol. The van der Waals surface area contributed by atoms with Crippen molar-refractivity contribution in [1.82, 2.24) is 20.1 Å². The number of benzene rings is 1. The summed E-state index contributed by atoms with van der Waals surface area (Å²) in [6.07, 6.45) is 6.17. The van der Waals surface area contributed by atoms with E-state index in [1.807, 2.05) is 18.2 Å². The monoisotopic (exact) mass is 426 g/mol. The van der Waals surface area contributed by atoms with Crippen molar-refractivity contribution < 1.29 is 17.9 Å². The first-order valence-corrected chi connectivity index (χ1v) is 11.5. The van der Waals surface area contributed by atoms with Crippen LogP contribution in [-0.4, -0.2) is 41.4 Å². The third-order valence-electron chi connectivity index (χ3n) is 4.84.